The van der Waals surface area contributed by atoms with Crippen LogP contribution >= 0.6 is 34.8 Å². The number of hydrogen-bond acceptors (Lipinski definition) is 7. The Morgan fingerprint density at radius 1 is 0.565 bits per heavy atom. The van der Waals surface area contributed by atoms with Gasteiger partial charge in [0.05, 0.1) is 33.0 Å². The minimum Gasteiger partial charge on any atom is -0.445 e. The summed E-state index contributed by atoms with van der Waals surface area (Å²) in [6.45, 7) is 1.24. The van der Waals surface area contributed by atoms with E-state index in [0.29, 0.717) is 6.61 Å². The second-order valence-corrected chi connectivity index (χ2v) is 13.1. The summed E-state index contributed by atoms with van der Waals surface area (Å²) in [5, 5.41) is 8.37. The summed E-state index contributed by atoms with van der Waals surface area (Å²) in [6, 6.07) is 39.2. The standard InChI is InChI=1S/C36H36Cl3NO6/c37-36(38,39)35(40)46-34-33(44-24-29-19-11-4-12-20-29)32(43-23-28-17-9-3-10-18-28)31(42-22-27-15-7-2-8-16-27)30(45-34)25-41-21-26-13-5-1-6-14-26/h1-20,30-34,40H,21-25H2/t30?,31-,32-,33?,34-/m0/s1. The van der Waals surface area contributed by atoms with Gasteiger partial charge in [0.15, 0.2) is 0 Å². The molecule has 242 valence electrons. The molecule has 4 aromatic carbocycles. The van der Waals surface area contributed by atoms with E-state index >= 15 is 0 Å². The molecule has 0 aromatic heterocycles. The van der Waals surface area contributed by atoms with E-state index in [-0.39, 0.29) is 26.4 Å². The van der Waals surface area contributed by atoms with Gasteiger partial charge < -0.3 is 28.4 Å². The molecule has 1 N–H and O–H groups in total. The topological polar surface area (TPSA) is 79.2 Å². The van der Waals surface area contributed by atoms with Gasteiger partial charge in [0, 0.05) is 0 Å². The van der Waals surface area contributed by atoms with E-state index < -0.39 is 40.4 Å². The van der Waals surface area contributed by atoms with Gasteiger partial charge >= 0.3 is 0 Å². The Morgan fingerprint density at radius 3 is 1.39 bits per heavy atom. The van der Waals surface area contributed by atoms with Crippen molar-refractivity contribution in [3.05, 3.63) is 144 Å². The molecule has 10 heteroatoms. The molecule has 7 nitrogen and oxygen atoms in total. The van der Waals surface area contributed by atoms with Crippen LogP contribution < -0.4 is 0 Å². The third-order valence-corrected chi connectivity index (χ3v) is 7.85. The highest BCUT2D eigenvalue weighted by atomic mass is 35.6. The predicted molar refractivity (Wildman–Crippen MR) is 179 cm³/mol. The Kier molecular flexibility index (Phi) is 12.9. The van der Waals surface area contributed by atoms with Crippen molar-refractivity contribution in [1.82, 2.24) is 0 Å². The molecule has 46 heavy (non-hydrogen) atoms. The summed E-state index contributed by atoms with van der Waals surface area (Å²) in [7, 11) is 0. The van der Waals surface area contributed by atoms with Gasteiger partial charge in [-0.2, -0.15) is 0 Å². The summed E-state index contributed by atoms with van der Waals surface area (Å²) in [4.78, 5) is 0. The zero-order chi connectivity index (χ0) is 32.2. The van der Waals surface area contributed by atoms with E-state index in [1.807, 2.05) is 121 Å². The van der Waals surface area contributed by atoms with E-state index in [0.717, 1.165) is 22.3 Å². The SMILES string of the molecule is N=C(O[C@@H]1OC(COCc2ccccc2)[C@H](OCc2ccccc2)[C@H](OCc2ccccc2)C1OCc1ccccc1)C(Cl)(Cl)Cl. The van der Waals surface area contributed by atoms with Crippen LogP contribution in [0.15, 0.2) is 121 Å². The van der Waals surface area contributed by atoms with Gasteiger partial charge in [-0.3, -0.25) is 5.41 Å². The summed E-state index contributed by atoms with van der Waals surface area (Å²) in [5.41, 5.74) is 3.87. The van der Waals surface area contributed by atoms with Crippen LogP contribution in [0.5, 0.6) is 0 Å². The van der Waals surface area contributed by atoms with Crippen molar-refractivity contribution in [3.63, 3.8) is 0 Å². The van der Waals surface area contributed by atoms with Crippen LogP contribution in [0, 0.1) is 5.41 Å². The van der Waals surface area contributed by atoms with Crippen LogP contribution in [0.2, 0.25) is 0 Å². The minimum absolute atomic E-state index is 0.131. The Labute approximate surface area is 284 Å². The van der Waals surface area contributed by atoms with Crippen molar-refractivity contribution < 1.29 is 28.4 Å². The van der Waals surface area contributed by atoms with E-state index in [9.17, 15) is 0 Å². The molecule has 0 bridgehead atoms. The lowest BCUT2D eigenvalue weighted by molar-refractivity contribution is -0.313. The molecule has 0 aliphatic carbocycles. The molecule has 0 spiro atoms. The highest BCUT2D eigenvalue weighted by Gasteiger charge is 2.51. The fraction of sp³-hybridized carbons (Fsp3) is 0.306. The van der Waals surface area contributed by atoms with E-state index in [1.165, 1.54) is 0 Å². The van der Waals surface area contributed by atoms with Gasteiger partial charge in [-0.25, -0.2) is 0 Å². The van der Waals surface area contributed by atoms with E-state index in [2.05, 4.69) is 0 Å². The Balaban J connectivity index is 1.46. The average Bonchev–Trinajstić information content (AvgIpc) is 3.07. The molecule has 0 amide bonds. The molecule has 1 saturated heterocycles. The monoisotopic (exact) mass is 683 g/mol. The van der Waals surface area contributed by atoms with Crippen LogP contribution in [0.1, 0.15) is 22.3 Å². The molecule has 1 aliphatic rings. The van der Waals surface area contributed by atoms with Gasteiger partial charge in [0.1, 0.15) is 24.4 Å². The quantitative estimate of drug-likeness (QED) is 0.0823. The molecule has 2 unspecified atom stereocenters. The van der Waals surface area contributed by atoms with E-state index in [1.54, 1.807) is 0 Å². The summed E-state index contributed by atoms with van der Waals surface area (Å²) < 4.78 is 36.1. The van der Waals surface area contributed by atoms with Crippen molar-refractivity contribution in [2.75, 3.05) is 6.61 Å². The van der Waals surface area contributed by atoms with Crippen molar-refractivity contribution >= 4 is 40.7 Å². The number of alkyl halides is 3. The lowest BCUT2D eigenvalue weighted by atomic mass is 9.97. The number of rotatable bonds is 14. The molecule has 1 fully saturated rings. The maximum absolute atomic E-state index is 8.37. The van der Waals surface area contributed by atoms with Gasteiger partial charge in [-0.1, -0.05) is 156 Å². The lowest BCUT2D eigenvalue weighted by Crippen LogP contribution is -2.62. The summed E-state index contributed by atoms with van der Waals surface area (Å²) >= 11 is 18.1. The molecule has 0 saturated carbocycles. The molecule has 0 radical (unpaired) electrons. The fourth-order valence-electron chi connectivity index (χ4n) is 5.02. The zero-order valence-corrected chi connectivity index (χ0v) is 27.3. The molecule has 5 atom stereocenters. The molecule has 5 rings (SSSR count). The van der Waals surface area contributed by atoms with Gasteiger partial charge in [-0.05, 0) is 22.3 Å². The minimum atomic E-state index is -2.12. The van der Waals surface area contributed by atoms with Crippen molar-refractivity contribution in [2.24, 2.45) is 0 Å². The Hall–Kier alpha value is -2.98. The first-order valence-corrected chi connectivity index (χ1v) is 16.1. The first-order valence-electron chi connectivity index (χ1n) is 14.9. The van der Waals surface area contributed by atoms with E-state index in [4.69, 9.17) is 68.6 Å². The Morgan fingerprint density at radius 2 is 0.957 bits per heavy atom. The highest BCUT2D eigenvalue weighted by Crippen LogP contribution is 2.34. The summed E-state index contributed by atoms with van der Waals surface area (Å²) in [6.07, 6.45) is -4.17. The molecular weight excluding hydrogens is 649 g/mol. The molecule has 1 aliphatic heterocycles. The smallest absolute Gasteiger partial charge is 0.265 e. The molecule has 1 heterocycles. The number of ether oxygens (including phenoxy) is 6. The second kappa shape index (κ2) is 17.3. The first kappa shape index (κ1) is 34.4. The zero-order valence-electron chi connectivity index (χ0n) is 25.1. The number of hydrogen-bond donors (Lipinski definition) is 1. The highest BCUT2D eigenvalue weighted by molar-refractivity contribution is 6.76. The summed E-state index contributed by atoms with van der Waals surface area (Å²) in [5.74, 6) is -0.606. The van der Waals surface area contributed by atoms with Gasteiger partial charge in [-0.15, -0.1) is 0 Å². The van der Waals surface area contributed by atoms with Crippen LogP contribution in [0.4, 0.5) is 0 Å². The molecular formula is C36H36Cl3NO6. The number of benzene rings is 4. The van der Waals surface area contributed by atoms with Crippen molar-refractivity contribution in [1.29, 1.82) is 5.41 Å². The predicted octanol–water partition coefficient (Wildman–Crippen LogP) is 8.05. The first-order chi connectivity index (χ1) is 22.4. The van der Waals surface area contributed by atoms with Crippen molar-refractivity contribution in [3.8, 4) is 0 Å². The second-order valence-electron chi connectivity index (χ2n) is 10.8. The molecule has 4 aromatic rings. The third-order valence-electron chi connectivity index (χ3n) is 7.33. The van der Waals surface area contributed by atoms with Crippen LogP contribution in [-0.4, -0.2) is 47.0 Å². The normalized spacial score (nSPS) is 21.5. The van der Waals surface area contributed by atoms with Crippen LogP contribution in [0.3, 0.4) is 0 Å². The van der Waals surface area contributed by atoms with Crippen LogP contribution in [0.25, 0.3) is 0 Å². The Bertz CT molecular complexity index is 1460. The number of halogens is 3. The maximum atomic E-state index is 8.37. The fourth-order valence-corrected chi connectivity index (χ4v) is 5.16. The van der Waals surface area contributed by atoms with Gasteiger partial charge in [0.2, 0.25) is 12.2 Å². The maximum Gasteiger partial charge on any atom is 0.265 e. The average molecular weight is 685 g/mol. The number of nitrogens with one attached hydrogen (secondary N) is 1. The van der Waals surface area contributed by atoms with Crippen molar-refractivity contribution in [2.45, 2.75) is 60.9 Å². The largest absolute Gasteiger partial charge is 0.445 e. The van der Waals surface area contributed by atoms with Gasteiger partial charge in [0.25, 0.3) is 3.79 Å². The van der Waals surface area contributed by atoms with Crippen LogP contribution in [-0.2, 0) is 54.8 Å². The lowest BCUT2D eigenvalue weighted by Gasteiger charge is -2.46. The third kappa shape index (κ3) is 10.3.